The van der Waals surface area contributed by atoms with Gasteiger partial charge in [-0.05, 0) is 41.0 Å². The topological polar surface area (TPSA) is 37.4 Å². The Morgan fingerprint density at radius 1 is 0.839 bits per heavy atom. The van der Waals surface area contributed by atoms with Crippen molar-refractivity contribution < 1.29 is 4.74 Å². The van der Waals surface area contributed by atoms with Crippen LogP contribution >= 0.6 is 0 Å². The van der Waals surface area contributed by atoms with E-state index in [4.69, 9.17) is 9.72 Å². The molecule has 31 heavy (non-hydrogen) atoms. The summed E-state index contributed by atoms with van der Waals surface area (Å²) >= 11 is 0. The van der Waals surface area contributed by atoms with Gasteiger partial charge in [-0.15, -0.1) is 0 Å². The second-order valence-electron chi connectivity index (χ2n) is 7.99. The number of nitrogens with one attached hydrogen (secondary N) is 1. The van der Waals surface area contributed by atoms with Crippen molar-refractivity contribution in [2.45, 2.75) is 12.6 Å². The molecule has 4 heteroatoms. The van der Waals surface area contributed by atoms with Gasteiger partial charge in [-0.3, -0.25) is 9.88 Å². The molecule has 4 aromatic rings. The normalized spacial score (nSPS) is 15.6. The van der Waals surface area contributed by atoms with Gasteiger partial charge in [0, 0.05) is 37.8 Å². The maximum Gasteiger partial charge on any atom is 0.119 e. The lowest BCUT2D eigenvalue weighted by atomic mass is 9.96. The van der Waals surface area contributed by atoms with Crippen molar-refractivity contribution in [2.75, 3.05) is 26.2 Å². The van der Waals surface area contributed by atoms with Crippen molar-refractivity contribution in [1.29, 1.82) is 0 Å². The second kappa shape index (κ2) is 9.29. The summed E-state index contributed by atoms with van der Waals surface area (Å²) in [4.78, 5) is 7.28. The lowest BCUT2D eigenvalue weighted by Crippen LogP contribution is -2.45. The summed E-state index contributed by atoms with van der Waals surface area (Å²) in [6.45, 7) is 4.63. The molecule has 1 fully saturated rings. The molecular formula is C27H27N3O. The zero-order chi connectivity index (χ0) is 20.9. The summed E-state index contributed by atoms with van der Waals surface area (Å²) in [5.41, 5.74) is 4.71. The van der Waals surface area contributed by atoms with Crippen molar-refractivity contribution in [3.63, 3.8) is 0 Å². The fraction of sp³-hybridized carbons (Fsp3) is 0.222. The van der Waals surface area contributed by atoms with E-state index < -0.39 is 0 Å². The van der Waals surface area contributed by atoms with E-state index >= 15 is 0 Å². The molecular weight excluding hydrogens is 382 g/mol. The first-order valence-corrected chi connectivity index (χ1v) is 10.9. The van der Waals surface area contributed by atoms with Gasteiger partial charge in [0.1, 0.15) is 12.4 Å². The third-order valence-corrected chi connectivity index (χ3v) is 5.89. The van der Waals surface area contributed by atoms with Crippen molar-refractivity contribution in [1.82, 2.24) is 15.2 Å². The van der Waals surface area contributed by atoms with E-state index in [2.05, 4.69) is 70.9 Å². The van der Waals surface area contributed by atoms with Crippen LogP contribution in [0.2, 0.25) is 0 Å². The number of rotatable bonds is 6. The summed E-state index contributed by atoms with van der Waals surface area (Å²) in [6.07, 6.45) is 2.04. The van der Waals surface area contributed by atoms with Crippen LogP contribution in [-0.2, 0) is 6.61 Å². The van der Waals surface area contributed by atoms with E-state index in [-0.39, 0.29) is 6.04 Å². The molecule has 1 N–H and O–H groups in total. The molecule has 1 unspecified atom stereocenters. The van der Waals surface area contributed by atoms with Crippen LogP contribution in [0.25, 0.3) is 10.9 Å². The third kappa shape index (κ3) is 4.61. The monoisotopic (exact) mass is 409 g/mol. The molecule has 4 nitrogen and oxygen atoms in total. The highest BCUT2D eigenvalue weighted by atomic mass is 16.5. The van der Waals surface area contributed by atoms with Crippen LogP contribution in [0.5, 0.6) is 5.75 Å². The Balaban J connectivity index is 1.41. The van der Waals surface area contributed by atoms with Gasteiger partial charge in [0.25, 0.3) is 0 Å². The number of pyridine rings is 1. The van der Waals surface area contributed by atoms with Crippen LogP contribution in [-0.4, -0.2) is 36.1 Å². The molecule has 0 radical (unpaired) electrons. The summed E-state index contributed by atoms with van der Waals surface area (Å²) < 4.78 is 6.00. The van der Waals surface area contributed by atoms with Crippen molar-refractivity contribution in [2.24, 2.45) is 0 Å². The number of hydrogen-bond acceptors (Lipinski definition) is 4. The smallest absolute Gasteiger partial charge is 0.119 e. The van der Waals surface area contributed by atoms with Gasteiger partial charge < -0.3 is 10.1 Å². The average Bonchev–Trinajstić information content (AvgIpc) is 2.85. The molecule has 1 atom stereocenters. The van der Waals surface area contributed by atoms with Crippen LogP contribution in [0.15, 0.2) is 91.1 Å². The predicted octanol–water partition coefficient (Wildman–Crippen LogP) is 4.81. The fourth-order valence-electron chi connectivity index (χ4n) is 4.28. The number of fused-ring (bicyclic) bond motifs is 1. The molecule has 3 aromatic carbocycles. The minimum atomic E-state index is 0.183. The first kappa shape index (κ1) is 19.7. The Morgan fingerprint density at radius 2 is 1.58 bits per heavy atom. The van der Waals surface area contributed by atoms with Crippen molar-refractivity contribution >= 4 is 10.9 Å². The zero-order valence-electron chi connectivity index (χ0n) is 17.6. The van der Waals surface area contributed by atoms with Crippen LogP contribution in [0.3, 0.4) is 0 Å². The molecule has 0 spiro atoms. The second-order valence-corrected chi connectivity index (χ2v) is 7.99. The predicted molar refractivity (Wildman–Crippen MR) is 125 cm³/mol. The summed E-state index contributed by atoms with van der Waals surface area (Å²) in [7, 11) is 0. The molecule has 156 valence electrons. The highest BCUT2D eigenvalue weighted by molar-refractivity contribution is 5.79. The summed E-state index contributed by atoms with van der Waals surface area (Å²) in [5.74, 6) is 0.892. The largest absolute Gasteiger partial charge is 0.489 e. The van der Waals surface area contributed by atoms with E-state index in [9.17, 15) is 0 Å². The number of aromatic nitrogens is 1. The molecule has 1 aliphatic heterocycles. The van der Waals surface area contributed by atoms with Gasteiger partial charge >= 0.3 is 0 Å². The van der Waals surface area contributed by atoms with E-state index in [1.165, 1.54) is 22.1 Å². The first-order valence-electron chi connectivity index (χ1n) is 10.9. The maximum absolute atomic E-state index is 6.00. The Labute approximate surface area is 183 Å². The van der Waals surface area contributed by atoms with E-state index in [1.54, 1.807) is 0 Å². The number of piperazine rings is 1. The molecule has 1 aliphatic rings. The minimum Gasteiger partial charge on any atom is -0.489 e. The van der Waals surface area contributed by atoms with E-state index in [0.29, 0.717) is 6.61 Å². The fourth-order valence-corrected chi connectivity index (χ4v) is 4.28. The number of benzene rings is 3. The van der Waals surface area contributed by atoms with Gasteiger partial charge in [0.15, 0.2) is 0 Å². The van der Waals surface area contributed by atoms with E-state index in [0.717, 1.165) is 37.4 Å². The van der Waals surface area contributed by atoms with Crippen molar-refractivity contribution in [3.05, 3.63) is 108 Å². The van der Waals surface area contributed by atoms with Gasteiger partial charge in [-0.1, -0.05) is 60.7 Å². The summed E-state index contributed by atoms with van der Waals surface area (Å²) in [5, 5.41) is 4.65. The average molecular weight is 410 g/mol. The molecule has 0 aliphatic carbocycles. The number of para-hydroxylation sites is 1. The first-order chi connectivity index (χ1) is 15.4. The molecule has 0 bridgehead atoms. The molecule has 5 rings (SSSR count). The molecule has 0 amide bonds. The highest BCUT2D eigenvalue weighted by Gasteiger charge is 2.24. The Hall–Kier alpha value is -3.21. The van der Waals surface area contributed by atoms with Crippen LogP contribution < -0.4 is 10.1 Å². The highest BCUT2D eigenvalue weighted by Crippen LogP contribution is 2.31. The van der Waals surface area contributed by atoms with Gasteiger partial charge in [0.05, 0.1) is 11.6 Å². The third-order valence-electron chi connectivity index (χ3n) is 5.89. The van der Waals surface area contributed by atoms with Gasteiger partial charge in [0.2, 0.25) is 0 Å². The molecule has 0 saturated carbocycles. The number of hydrogen-bond donors (Lipinski definition) is 1. The maximum atomic E-state index is 6.00. The summed E-state index contributed by atoms with van der Waals surface area (Å²) in [6, 6.07) is 29.6. The van der Waals surface area contributed by atoms with Crippen LogP contribution in [0.1, 0.15) is 22.7 Å². The van der Waals surface area contributed by atoms with Gasteiger partial charge in [-0.2, -0.15) is 0 Å². The SMILES string of the molecule is c1ccc(COc2ccc(C(c3cnc4ccccc4c3)N3CCNCC3)cc2)cc1. The quantitative estimate of drug-likeness (QED) is 0.496. The Kier molecular flexibility index (Phi) is 5.92. The van der Waals surface area contributed by atoms with Crippen molar-refractivity contribution in [3.8, 4) is 5.75 Å². The minimum absolute atomic E-state index is 0.183. The lowest BCUT2D eigenvalue weighted by molar-refractivity contribution is 0.198. The number of nitrogens with zero attached hydrogens (tertiary/aromatic N) is 2. The zero-order valence-corrected chi connectivity index (χ0v) is 17.6. The lowest BCUT2D eigenvalue weighted by Gasteiger charge is -2.35. The van der Waals surface area contributed by atoms with Gasteiger partial charge in [-0.25, -0.2) is 0 Å². The van der Waals surface area contributed by atoms with Crippen LogP contribution in [0, 0.1) is 0 Å². The molecule has 1 aromatic heterocycles. The Morgan fingerprint density at radius 3 is 2.39 bits per heavy atom. The van der Waals surface area contributed by atoms with E-state index in [1.807, 2.05) is 30.5 Å². The Bertz CT molecular complexity index is 1120. The molecule has 2 heterocycles. The molecule has 1 saturated heterocycles. The standard InChI is InChI=1S/C27H27N3O/c1-2-6-21(7-3-1)20-31-25-12-10-22(11-13-25)27(30-16-14-28-15-17-30)24-18-23-8-4-5-9-26(23)29-19-24/h1-13,18-19,27-28H,14-17,20H2. The number of ether oxygens (including phenoxy) is 1. The van der Waals surface area contributed by atoms with Crippen LogP contribution in [0.4, 0.5) is 0 Å².